The van der Waals surface area contributed by atoms with Gasteiger partial charge < -0.3 is 10.2 Å². The highest BCUT2D eigenvalue weighted by molar-refractivity contribution is 6.30. The first-order chi connectivity index (χ1) is 9.16. The summed E-state index contributed by atoms with van der Waals surface area (Å²) in [4.78, 5) is 13.7. The van der Waals surface area contributed by atoms with Crippen molar-refractivity contribution >= 4 is 17.5 Å². The van der Waals surface area contributed by atoms with E-state index in [1.54, 1.807) is 6.07 Å². The number of hydrogen-bond acceptors (Lipinski definition) is 2. The number of hydrogen-bond donors (Lipinski definition) is 1. The summed E-state index contributed by atoms with van der Waals surface area (Å²) < 4.78 is 13.4. The van der Waals surface area contributed by atoms with E-state index in [1.165, 1.54) is 12.1 Å². The highest BCUT2D eigenvalue weighted by Gasteiger charge is 2.16. The molecule has 0 aliphatic carbocycles. The van der Waals surface area contributed by atoms with Gasteiger partial charge in [0.15, 0.2) is 0 Å². The Balaban J connectivity index is 1.71. The minimum atomic E-state index is -0.275. The molecule has 1 aromatic rings. The van der Waals surface area contributed by atoms with Gasteiger partial charge in [0.1, 0.15) is 5.82 Å². The second-order valence-electron chi connectivity index (χ2n) is 4.75. The summed E-state index contributed by atoms with van der Waals surface area (Å²) in [5.41, 5.74) is 0.529. The van der Waals surface area contributed by atoms with E-state index in [2.05, 4.69) is 5.32 Å². The van der Waals surface area contributed by atoms with Crippen LogP contribution in [-0.4, -0.2) is 30.4 Å². The van der Waals surface area contributed by atoms with Crippen LogP contribution in [0.1, 0.15) is 24.8 Å². The van der Waals surface area contributed by atoms with Crippen LogP contribution in [0.3, 0.4) is 0 Å². The second kappa shape index (κ2) is 6.87. The molecule has 5 heteroatoms. The van der Waals surface area contributed by atoms with Crippen molar-refractivity contribution in [3.8, 4) is 0 Å². The molecule has 1 heterocycles. The number of rotatable bonds is 5. The normalized spacial score (nSPS) is 14.9. The van der Waals surface area contributed by atoms with Crippen molar-refractivity contribution in [2.75, 3.05) is 19.6 Å². The standard InChI is InChI=1S/C14H18ClFN2O/c15-12-3-4-13(16)11(9-12)10-17-6-5-14(19)18-7-1-2-8-18/h3-4,9,17H,1-2,5-8,10H2. The maximum atomic E-state index is 13.4. The fourth-order valence-corrected chi connectivity index (χ4v) is 2.42. The first-order valence-electron chi connectivity index (χ1n) is 6.59. The third kappa shape index (κ3) is 4.18. The van der Waals surface area contributed by atoms with Gasteiger partial charge in [-0.2, -0.15) is 0 Å². The zero-order valence-electron chi connectivity index (χ0n) is 10.8. The van der Waals surface area contributed by atoms with Crippen molar-refractivity contribution in [3.05, 3.63) is 34.6 Å². The molecule has 0 radical (unpaired) electrons. The molecule has 1 aliphatic heterocycles. The van der Waals surface area contributed by atoms with Gasteiger partial charge in [-0.15, -0.1) is 0 Å². The summed E-state index contributed by atoms with van der Waals surface area (Å²) in [6, 6.07) is 4.48. The molecule has 1 amide bonds. The first-order valence-corrected chi connectivity index (χ1v) is 6.97. The van der Waals surface area contributed by atoms with Crippen LogP contribution >= 0.6 is 11.6 Å². The Morgan fingerprint density at radius 2 is 2.11 bits per heavy atom. The van der Waals surface area contributed by atoms with Crippen molar-refractivity contribution in [2.45, 2.75) is 25.8 Å². The monoisotopic (exact) mass is 284 g/mol. The third-order valence-corrected chi connectivity index (χ3v) is 3.53. The van der Waals surface area contributed by atoms with E-state index in [4.69, 9.17) is 11.6 Å². The molecule has 104 valence electrons. The lowest BCUT2D eigenvalue weighted by atomic mass is 10.2. The van der Waals surface area contributed by atoms with Crippen molar-refractivity contribution in [1.82, 2.24) is 10.2 Å². The van der Waals surface area contributed by atoms with Crippen molar-refractivity contribution in [2.24, 2.45) is 0 Å². The molecule has 0 spiro atoms. The molecule has 0 unspecified atom stereocenters. The zero-order valence-corrected chi connectivity index (χ0v) is 11.5. The van der Waals surface area contributed by atoms with Crippen LogP contribution in [0.2, 0.25) is 5.02 Å². The average molecular weight is 285 g/mol. The molecule has 1 aromatic carbocycles. The van der Waals surface area contributed by atoms with E-state index in [1.807, 2.05) is 4.90 Å². The van der Waals surface area contributed by atoms with Gasteiger partial charge in [-0.05, 0) is 31.0 Å². The van der Waals surface area contributed by atoms with Crippen LogP contribution in [0.15, 0.2) is 18.2 Å². The molecular formula is C14H18ClFN2O. The largest absolute Gasteiger partial charge is 0.343 e. The lowest BCUT2D eigenvalue weighted by Crippen LogP contribution is -2.30. The minimum absolute atomic E-state index is 0.177. The smallest absolute Gasteiger partial charge is 0.223 e. The summed E-state index contributed by atoms with van der Waals surface area (Å²) in [5, 5.41) is 3.60. The molecule has 0 bridgehead atoms. The van der Waals surface area contributed by atoms with Gasteiger partial charge in [0.05, 0.1) is 0 Å². The second-order valence-corrected chi connectivity index (χ2v) is 5.19. The molecule has 0 atom stereocenters. The van der Waals surface area contributed by atoms with Gasteiger partial charge in [0, 0.05) is 43.2 Å². The van der Waals surface area contributed by atoms with E-state index in [9.17, 15) is 9.18 Å². The van der Waals surface area contributed by atoms with Gasteiger partial charge in [0.2, 0.25) is 5.91 Å². The van der Waals surface area contributed by atoms with Crippen molar-refractivity contribution < 1.29 is 9.18 Å². The Morgan fingerprint density at radius 3 is 2.84 bits per heavy atom. The van der Waals surface area contributed by atoms with E-state index >= 15 is 0 Å². The van der Waals surface area contributed by atoms with E-state index in [0.717, 1.165) is 25.9 Å². The number of benzene rings is 1. The molecular weight excluding hydrogens is 267 g/mol. The van der Waals surface area contributed by atoms with Crippen molar-refractivity contribution in [1.29, 1.82) is 0 Å². The third-order valence-electron chi connectivity index (χ3n) is 3.30. The molecule has 0 aromatic heterocycles. The van der Waals surface area contributed by atoms with E-state index in [-0.39, 0.29) is 11.7 Å². The van der Waals surface area contributed by atoms with E-state index < -0.39 is 0 Å². The summed E-state index contributed by atoms with van der Waals surface area (Å²) in [6.45, 7) is 2.70. The predicted molar refractivity (Wildman–Crippen MR) is 73.5 cm³/mol. The molecule has 1 saturated heterocycles. The van der Waals surface area contributed by atoms with Gasteiger partial charge in [-0.3, -0.25) is 4.79 Å². The topological polar surface area (TPSA) is 32.3 Å². The average Bonchev–Trinajstić information content (AvgIpc) is 2.92. The van der Waals surface area contributed by atoms with Crippen molar-refractivity contribution in [3.63, 3.8) is 0 Å². The number of carbonyl (C=O) groups is 1. The van der Waals surface area contributed by atoms with Gasteiger partial charge in [-0.25, -0.2) is 4.39 Å². The molecule has 0 saturated carbocycles. The molecule has 19 heavy (non-hydrogen) atoms. The lowest BCUT2D eigenvalue weighted by Gasteiger charge is -2.15. The maximum absolute atomic E-state index is 13.4. The first kappa shape index (κ1) is 14.3. The Morgan fingerprint density at radius 1 is 1.37 bits per heavy atom. The van der Waals surface area contributed by atoms with Crippen LogP contribution in [0.25, 0.3) is 0 Å². The Bertz CT molecular complexity index is 447. The SMILES string of the molecule is O=C(CCNCc1cc(Cl)ccc1F)N1CCCC1. The Kier molecular flexibility index (Phi) is 5.16. The highest BCUT2D eigenvalue weighted by atomic mass is 35.5. The van der Waals surface area contributed by atoms with Crippen LogP contribution in [0.4, 0.5) is 4.39 Å². The molecule has 2 rings (SSSR count). The van der Waals surface area contributed by atoms with Crippen LogP contribution in [0, 0.1) is 5.82 Å². The summed E-state index contributed by atoms with van der Waals surface area (Å²) in [6.07, 6.45) is 2.67. The Labute approximate surface area is 117 Å². The number of carbonyl (C=O) groups excluding carboxylic acids is 1. The van der Waals surface area contributed by atoms with Gasteiger partial charge in [-0.1, -0.05) is 11.6 Å². The minimum Gasteiger partial charge on any atom is -0.343 e. The number of nitrogens with zero attached hydrogens (tertiary/aromatic N) is 1. The molecule has 1 fully saturated rings. The Hall–Kier alpha value is -1.13. The molecule has 3 nitrogen and oxygen atoms in total. The summed E-state index contributed by atoms with van der Waals surface area (Å²) >= 11 is 5.81. The quantitative estimate of drug-likeness (QED) is 0.843. The number of halogens is 2. The fraction of sp³-hybridized carbons (Fsp3) is 0.500. The number of nitrogens with one attached hydrogen (secondary N) is 1. The lowest BCUT2D eigenvalue weighted by molar-refractivity contribution is -0.130. The summed E-state index contributed by atoms with van der Waals surface area (Å²) in [5.74, 6) is -0.0978. The number of amides is 1. The van der Waals surface area contributed by atoms with Crippen LogP contribution in [-0.2, 0) is 11.3 Å². The summed E-state index contributed by atoms with van der Waals surface area (Å²) in [7, 11) is 0. The fourth-order valence-electron chi connectivity index (χ4n) is 2.22. The van der Waals surface area contributed by atoms with Crippen LogP contribution < -0.4 is 5.32 Å². The molecule has 1 N–H and O–H groups in total. The maximum Gasteiger partial charge on any atom is 0.223 e. The van der Waals surface area contributed by atoms with Crippen LogP contribution in [0.5, 0.6) is 0 Å². The van der Waals surface area contributed by atoms with Gasteiger partial charge in [0.25, 0.3) is 0 Å². The zero-order chi connectivity index (χ0) is 13.7. The molecule has 1 aliphatic rings. The van der Waals surface area contributed by atoms with Gasteiger partial charge >= 0.3 is 0 Å². The predicted octanol–water partition coefficient (Wildman–Crippen LogP) is 2.58. The van der Waals surface area contributed by atoms with E-state index in [0.29, 0.717) is 30.1 Å². The highest BCUT2D eigenvalue weighted by Crippen LogP contribution is 2.14. The number of likely N-dealkylation sites (tertiary alicyclic amines) is 1.